The molecule has 1 unspecified atom stereocenters. The number of alkyl halides is 2. The van der Waals surface area contributed by atoms with Crippen LogP contribution in [0.1, 0.15) is 8.29 Å². The molecular formula is C2H4FI. The Bertz CT molecular complexity index is 25.1. The van der Waals surface area contributed by atoms with Crippen LogP contribution in [0.3, 0.4) is 0 Å². The minimum Gasteiger partial charge on any atom is -0.236 e. The number of rotatable bonds is 0. The van der Waals surface area contributed by atoms with Gasteiger partial charge >= 0.3 is 0 Å². The van der Waals surface area contributed by atoms with E-state index in [9.17, 15) is 4.39 Å². The first-order valence-electron chi connectivity index (χ1n) is 1.38. The van der Waals surface area contributed by atoms with Crippen LogP contribution in [0.2, 0.25) is 0 Å². The molecule has 0 aliphatic heterocycles. The van der Waals surface area contributed by atoms with Gasteiger partial charge in [0.1, 0.15) is 4.15 Å². The molecule has 0 aromatic carbocycles. The minimum atomic E-state index is -1.78. The summed E-state index contributed by atoms with van der Waals surface area (Å²) in [5.41, 5.74) is 0. The highest BCUT2D eigenvalue weighted by atomic mass is 127. The molecular weight excluding hydrogens is 170 g/mol. The lowest BCUT2D eigenvalue weighted by Crippen LogP contribution is -1.64. The number of halogens is 2. The molecule has 0 aliphatic rings. The molecule has 0 rings (SSSR count). The summed E-state index contributed by atoms with van der Waals surface area (Å²) in [6, 6.07) is 0. The second kappa shape index (κ2) is 1.93. The molecule has 0 spiro atoms. The maximum absolute atomic E-state index is 11.3. The molecule has 0 saturated heterocycles. The van der Waals surface area contributed by atoms with Crippen molar-refractivity contribution in [2.24, 2.45) is 0 Å². The molecule has 0 nitrogen and oxygen atoms in total. The maximum Gasteiger partial charge on any atom is 0.148 e. The topological polar surface area (TPSA) is 0 Å². The van der Waals surface area contributed by atoms with Gasteiger partial charge in [-0.1, -0.05) is 0 Å². The van der Waals surface area contributed by atoms with Crippen molar-refractivity contribution in [1.29, 1.82) is 0 Å². The highest BCUT2D eigenvalue weighted by Crippen LogP contribution is 1.95. The van der Waals surface area contributed by atoms with Crippen LogP contribution in [0.5, 0.6) is 0 Å². The van der Waals surface area contributed by atoms with Crippen LogP contribution in [0.4, 0.5) is 4.39 Å². The van der Waals surface area contributed by atoms with E-state index in [1.54, 1.807) is 0 Å². The first-order chi connectivity index (χ1) is 2.00. The van der Waals surface area contributed by atoms with Gasteiger partial charge in [-0.15, -0.1) is 0 Å². The monoisotopic (exact) mass is 176 g/mol. The zero-order chi connectivity index (χ0) is 4.50. The van der Waals surface area contributed by atoms with Gasteiger partial charge in [0.2, 0.25) is 0 Å². The van der Waals surface area contributed by atoms with E-state index in [-0.39, 0.29) is 0 Å². The van der Waals surface area contributed by atoms with Gasteiger partial charge in [-0.2, -0.15) is 0 Å². The third kappa shape index (κ3) is 16.8. The summed E-state index contributed by atoms with van der Waals surface area (Å²) in [6.45, 7) is 1.17. The van der Waals surface area contributed by atoms with E-state index in [4.69, 9.17) is 1.37 Å². The van der Waals surface area contributed by atoms with Crippen molar-refractivity contribution in [2.75, 3.05) is 0 Å². The maximum atomic E-state index is 11.3. The van der Waals surface area contributed by atoms with Crippen LogP contribution in [0.15, 0.2) is 0 Å². The van der Waals surface area contributed by atoms with Crippen molar-refractivity contribution in [3.63, 3.8) is 0 Å². The van der Waals surface area contributed by atoms with E-state index in [0.717, 1.165) is 0 Å². The Morgan fingerprint density at radius 1 is 2.50 bits per heavy atom. The Morgan fingerprint density at radius 2 is 2.50 bits per heavy atom. The van der Waals surface area contributed by atoms with E-state index in [0.29, 0.717) is 0 Å². The molecule has 4 heavy (non-hydrogen) atoms. The van der Waals surface area contributed by atoms with Gasteiger partial charge in [0.15, 0.2) is 0 Å². The van der Waals surface area contributed by atoms with Crippen molar-refractivity contribution >= 4 is 22.6 Å². The molecule has 1 atom stereocenters. The average molecular weight is 176 g/mol. The summed E-state index contributed by atoms with van der Waals surface area (Å²) in [7, 11) is 0. The van der Waals surface area contributed by atoms with Gasteiger partial charge in [0.05, 0.1) is 1.37 Å². The molecule has 0 saturated carbocycles. The lowest BCUT2D eigenvalue weighted by molar-refractivity contribution is 0.504. The van der Waals surface area contributed by atoms with Crippen LogP contribution >= 0.6 is 22.6 Å². The second-order valence-corrected chi connectivity index (χ2v) is 1.94. The van der Waals surface area contributed by atoms with E-state index in [1.165, 1.54) is 29.5 Å². The average Bonchev–Trinajstić information content (AvgIpc) is 0.722. The largest absolute Gasteiger partial charge is 0.236 e. The Morgan fingerprint density at radius 3 is 2.50 bits per heavy atom. The first-order valence-corrected chi connectivity index (χ1v) is 1.96. The fourth-order valence-corrected chi connectivity index (χ4v) is 0. The highest BCUT2D eigenvalue weighted by Gasteiger charge is 1.76. The molecule has 0 aromatic heterocycles. The zero-order valence-corrected chi connectivity index (χ0v) is 4.41. The quantitative estimate of drug-likeness (QED) is 0.389. The molecule has 0 radical (unpaired) electrons. The van der Waals surface area contributed by atoms with Crippen LogP contribution < -0.4 is 0 Å². The number of hydrogen-bond acceptors (Lipinski definition) is 0. The van der Waals surface area contributed by atoms with Crippen LogP contribution in [0.25, 0.3) is 0 Å². The van der Waals surface area contributed by atoms with Gasteiger partial charge in [-0.25, -0.2) is 4.39 Å². The Hall–Kier alpha value is 0.660. The SMILES string of the molecule is [3H]C(C)(F)I. The summed E-state index contributed by atoms with van der Waals surface area (Å²) < 4.78 is 15.8. The first kappa shape index (κ1) is 2.87. The highest BCUT2D eigenvalue weighted by molar-refractivity contribution is 14.1. The lowest BCUT2D eigenvalue weighted by atomic mass is 10.9. The van der Waals surface area contributed by atoms with Crippen LogP contribution in [-0.4, -0.2) is 4.15 Å². The second-order valence-electron chi connectivity index (χ2n) is 0.449. The van der Waals surface area contributed by atoms with Crippen LogP contribution in [-0.2, 0) is 0 Å². The molecule has 0 fully saturated rings. The summed E-state index contributed by atoms with van der Waals surface area (Å²) in [4.78, 5) is 0. The fraction of sp³-hybridized carbons (Fsp3) is 1.00. The predicted molar refractivity (Wildman–Crippen MR) is 24.6 cm³/mol. The van der Waals surface area contributed by atoms with Gasteiger partial charge < -0.3 is 0 Å². The Labute approximate surface area is 39.9 Å². The zero-order valence-electron chi connectivity index (χ0n) is 3.26. The fourth-order valence-electron chi connectivity index (χ4n) is 0. The van der Waals surface area contributed by atoms with E-state index in [2.05, 4.69) is 0 Å². The normalized spacial score (nSPS) is 27.2. The minimum absolute atomic E-state index is 1.17. The third-order valence-corrected chi connectivity index (χ3v) is 0. The van der Waals surface area contributed by atoms with Crippen molar-refractivity contribution in [3.05, 3.63) is 0 Å². The molecule has 26 valence electrons. The Balaban J connectivity index is 3.02. The molecule has 0 bridgehead atoms. The van der Waals surface area contributed by atoms with E-state index < -0.39 is 4.15 Å². The third-order valence-electron chi connectivity index (χ3n) is 0. The van der Waals surface area contributed by atoms with Crippen LogP contribution in [0, 0.1) is 0 Å². The van der Waals surface area contributed by atoms with Gasteiger partial charge in [-0.05, 0) is 29.5 Å². The van der Waals surface area contributed by atoms with E-state index >= 15 is 0 Å². The standard InChI is InChI=1S/C2H4FI/c1-2(3)4/h2H,1H3/i2T. The smallest absolute Gasteiger partial charge is 0.148 e. The predicted octanol–water partition coefficient (Wildman–Crippen LogP) is 1.74. The molecule has 0 N–H and O–H groups in total. The van der Waals surface area contributed by atoms with Crippen molar-refractivity contribution in [1.82, 2.24) is 0 Å². The summed E-state index contributed by atoms with van der Waals surface area (Å²) in [5.74, 6) is 0. The molecule has 0 amide bonds. The molecule has 0 heterocycles. The molecule has 2 heteroatoms. The summed E-state index contributed by atoms with van der Waals surface area (Å²) >= 11 is 1.38. The van der Waals surface area contributed by atoms with Crippen molar-refractivity contribution in [3.8, 4) is 0 Å². The van der Waals surface area contributed by atoms with Gasteiger partial charge in [-0.3, -0.25) is 0 Å². The number of hydrogen-bond donors (Lipinski definition) is 0. The van der Waals surface area contributed by atoms with Crippen molar-refractivity contribution < 1.29 is 5.76 Å². The van der Waals surface area contributed by atoms with Gasteiger partial charge in [0.25, 0.3) is 0 Å². The van der Waals surface area contributed by atoms with Gasteiger partial charge in [0, 0.05) is 0 Å². The summed E-state index contributed by atoms with van der Waals surface area (Å²) in [5, 5.41) is 0. The Kier molecular flexibility index (Phi) is 1.39. The molecule has 0 aliphatic carbocycles. The summed E-state index contributed by atoms with van der Waals surface area (Å²) in [6.07, 6.45) is 0. The van der Waals surface area contributed by atoms with E-state index in [1.807, 2.05) is 0 Å². The molecule has 0 aromatic rings. The lowest BCUT2D eigenvalue weighted by Gasteiger charge is -1.72. The van der Waals surface area contributed by atoms with Crippen molar-refractivity contribution in [2.45, 2.75) is 11.1 Å².